The van der Waals surface area contributed by atoms with E-state index in [1.807, 2.05) is 54.9 Å². The molecule has 4 nitrogen and oxygen atoms in total. The summed E-state index contributed by atoms with van der Waals surface area (Å²) in [6.07, 6.45) is 0.725. The van der Waals surface area contributed by atoms with E-state index in [4.69, 9.17) is 22.4 Å². The molecule has 2 N–H and O–H groups in total. The van der Waals surface area contributed by atoms with Gasteiger partial charge in [-0.15, -0.1) is 0 Å². The highest BCUT2D eigenvalue weighted by molar-refractivity contribution is 6.31. The lowest BCUT2D eigenvalue weighted by atomic mass is 9.96. The van der Waals surface area contributed by atoms with Gasteiger partial charge in [0.2, 0.25) is 0 Å². The molecule has 5 heteroatoms. The standard InChI is InChI=1S/C19H17ClN4/c1-11-12(2)24-18(22-11)9-14-3-6-15(20)10-17(14)19(23-24)13-4-7-16(21)8-5-13/h3-8,10H,9,21H2,1-2H3. The van der Waals surface area contributed by atoms with E-state index in [1.165, 1.54) is 5.56 Å². The van der Waals surface area contributed by atoms with Gasteiger partial charge in [0.25, 0.3) is 0 Å². The Morgan fingerprint density at radius 3 is 2.58 bits per heavy atom. The Labute approximate surface area is 145 Å². The summed E-state index contributed by atoms with van der Waals surface area (Å²) in [5.74, 6) is 0.944. The van der Waals surface area contributed by atoms with Crippen molar-refractivity contribution >= 4 is 23.0 Å². The second-order valence-electron chi connectivity index (χ2n) is 6.06. The molecule has 0 fully saturated rings. The average Bonchev–Trinajstić information content (AvgIpc) is 2.74. The molecule has 120 valence electrons. The fourth-order valence-electron chi connectivity index (χ4n) is 3.02. The Bertz CT molecular complexity index is 968. The van der Waals surface area contributed by atoms with E-state index >= 15 is 0 Å². The second-order valence-corrected chi connectivity index (χ2v) is 6.50. The largest absolute Gasteiger partial charge is 0.399 e. The number of benzene rings is 2. The molecule has 2 heterocycles. The normalized spacial score (nSPS) is 13.0. The molecular weight excluding hydrogens is 320 g/mol. The van der Waals surface area contributed by atoms with E-state index in [9.17, 15) is 0 Å². The molecule has 24 heavy (non-hydrogen) atoms. The zero-order chi connectivity index (χ0) is 16.8. The SMILES string of the molecule is Cc1nc2n(c1C)N=C(c1ccc(N)cc1)c1cc(Cl)ccc1C2. The Morgan fingerprint density at radius 1 is 1.08 bits per heavy atom. The minimum absolute atomic E-state index is 0.698. The zero-order valence-electron chi connectivity index (χ0n) is 13.5. The van der Waals surface area contributed by atoms with E-state index in [0.29, 0.717) is 5.02 Å². The first-order valence-electron chi connectivity index (χ1n) is 7.81. The molecule has 2 aromatic carbocycles. The van der Waals surface area contributed by atoms with Crippen LogP contribution in [0.3, 0.4) is 0 Å². The molecular formula is C19H17ClN4. The van der Waals surface area contributed by atoms with Crippen LogP contribution in [-0.2, 0) is 6.42 Å². The third-order valence-electron chi connectivity index (χ3n) is 4.44. The summed E-state index contributed by atoms with van der Waals surface area (Å²) >= 11 is 6.25. The third kappa shape index (κ3) is 2.39. The van der Waals surface area contributed by atoms with Crippen molar-refractivity contribution in [3.63, 3.8) is 0 Å². The summed E-state index contributed by atoms with van der Waals surface area (Å²) in [5, 5.41) is 5.61. The van der Waals surface area contributed by atoms with Crippen LogP contribution >= 0.6 is 11.6 Å². The maximum absolute atomic E-state index is 6.25. The molecule has 1 aliphatic rings. The van der Waals surface area contributed by atoms with Gasteiger partial charge in [0.1, 0.15) is 5.82 Å². The first kappa shape index (κ1) is 15.0. The Hall–Kier alpha value is -2.59. The van der Waals surface area contributed by atoms with E-state index in [2.05, 4.69) is 11.1 Å². The van der Waals surface area contributed by atoms with Crippen molar-refractivity contribution in [2.24, 2.45) is 5.10 Å². The van der Waals surface area contributed by atoms with Crippen molar-refractivity contribution in [1.82, 2.24) is 9.66 Å². The van der Waals surface area contributed by atoms with Gasteiger partial charge in [-0.2, -0.15) is 5.10 Å². The van der Waals surface area contributed by atoms with Crippen LogP contribution in [0.2, 0.25) is 5.02 Å². The number of anilines is 1. The van der Waals surface area contributed by atoms with Gasteiger partial charge in [-0.05, 0) is 43.7 Å². The number of fused-ring (bicyclic) bond motifs is 2. The molecule has 0 amide bonds. The Kier molecular flexibility index (Phi) is 3.43. The molecule has 0 atom stereocenters. The Morgan fingerprint density at radius 2 is 1.83 bits per heavy atom. The predicted molar refractivity (Wildman–Crippen MR) is 97.9 cm³/mol. The number of nitrogen functional groups attached to an aromatic ring is 1. The quantitative estimate of drug-likeness (QED) is 0.535. The molecule has 0 unspecified atom stereocenters. The number of halogens is 1. The first-order valence-corrected chi connectivity index (χ1v) is 8.19. The number of hydrogen-bond donors (Lipinski definition) is 1. The van der Waals surface area contributed by atoms with Crippen LogP contribution < -0.4 is 5.73 Å². The lowest BCUT2D eigenvalue weighted by Gasteiger charge is -2.10. The number of aryl methyl sites for hydroxylation is 1. The van der Waals surface area contributed by atoms with Gasteiger partial charge < -0.3 is 5.73 Å². The van der Waals surface area contributed by atoms with Crippen LogP contribution in [0.25, 0.3) is 0 Å². The van der Waals surface area contributed by atoms with Crippen LogP contribution in [0.15, 0.2) is 47.6 Å². The topological polar surface area (TPSA) is 56.2 Å². The van der Waals surface area contributed by atoms with Gasteiger partial charge in [0.05, 0.1) is 17.1 Å². The minimum atomic E-state index is 0.698. The lowest BCUT2D eigenvalue weighted by molar-refractivity contribution is 0.781. The van der Waals surface area contributed by atoms with E-state index < -0.39 is 0 Å². The van der Waals surface area contributed by atoms with Gasteiger partial charge in [-0.25, -0.2) is 9.66 Å². The van der Waals surface area contributed by atoms with Crippen molar-refractivity contribution in [3.05, 3.63) is 81.4 Å². The molecule has 1 aromatic heterocycles. The van der Waals surface area contributed by atoms with Crippen LogP contribution in [-0.4, -0.2) is 15.4 Å². The fourth-order valence-corrected chi connectivity index (χ4v) is 3.19. The maximum Gasteiger partial charge on any atom is 0.134 e. The summed E-state index contributed by atoms with van der Waals surface area (Å²) in [7, 11) is 0. The summed E-state index contributed by atoms with van der Waals surface area (Å²) in [6, 6.07) is 13.7. The highest BCUT2D eigenvalue weighted by atomic mass is 35.5. The van der Waals surface area contributed by atoms with Crippen molar-refractivity contribution in [2.75, 3.05) is 5.73 Å². The highest BCUT2D eigenvalue weighted by Crippen LogP contribution is 2.27. The monoisotopic (exact) mass is 336 g/mol. The van der Waals surface area contributed by atoms with E-state index in [0.717, 1.165) is 46.2 Å². The number of nitrogens with two attached hydrogens (primary N) is 1. The second kappa shape index (κ2) is 5.49. The lowest BCUT2D eigenvalue weighted by Crippen LogP contribution is -2.07. The van der Waals surface area contributed by atoms with Crippen molar-refractivity contribution in [1.29, 1.82) is 0 Å². The molecule has 0 saturated heterocycles. The number of nitrogens with zero attached hydrogens (tertiary/aromatic N) is 3. The molecule has 0 bridgehead atoms. The van der Waals surface area contributed by atoms with Gasteiger partial charge in [0.15, 0.2) is 0 Å². The summed E-state index contributed by atoms with van der Waals surface area (Å²) in [5.41, 5.74) is 12.7. The summed E-state index contributed by atoms with van der Waals surface area (Å²) < 4.78 is 1.94. The maximum atomic E-state index is 6.25. The first-order chi connectivity index (χ1) is 11.5. The third-order valence-corrected chi connectivity index (χ3v) is 4.68. The van der Waals surface area contributed by atoms with Gasteiger partial charge in [-0.3, -0.25) is 0 Å². The van der Waals surface area contributed by atoms with Crippen LogP contribution in [0.1, 0.15) is 33.9 Å². The van der Waals surface area contributed by atoms with Crippen molar-refractivity contribution in [3.8, 4) is 0 Å². The molecule has 0 spiro atoms. The molecule has 0 radical (unpaired) electrons. The zero-order valence-corrected chi connectivity index (χ0v) is 14.3. The molecule has 0 saturated carbocycles. The van der Waals surface area contributed by atoms with Crippen molar-refractivity contribution < 1.29 is 0 Å². The van der Waals surface area contributed by atoms with Gasteiger partial charge >= 0.3 is 0 Å². The van der Waals surface area contributed by atoms with E-state index in [1.54, 1.807) is 0 Å². The molecule has 3 aromatic rings. The molecule has 4 rings (SSSR count). The highest BCUT2D eigenvalue weighted by Gasteiger charge is 2.21. The predicted octanol–water partition coefficient (Wildman–Crippen LogP) is 3.94. The van der Waals surface area contributed by atoms with Gasteiger partial charge in [-0.1, -0.05) is 29.8 Å². The summed E-state index contributed by atoms with van der Waals surface area (Å²) in [6.45, 7) is 4.05. The number of imidazole rings is 1. The van der Waals surface area contributed by atoms with Crippen LogP contribution in [0.4, 0.5) is 5.69 Å². The van der Waals surface area contributed by atoms with Gasteiger partial charge in [0, 0.05) is 28.3 Å². The molecule has 1 aliphatic heterocycles. The number of hydrogen-bond acceptors (Lipinski definition) is 3. The number of aromatic nitrogens is 2. The average molecular weight is 337 g/mol. The fraction of sp³-hybridized carbons (Fsp3) is 0.158. The van der Waals surface area contributed by atoms with Crippen LogP contribution in [0.5, 0.6) is 0 Å². The summed E-state index contributed by atoms with van der Waals surface area (Å²) in [4.78, 5) is 4.68. The van der Waals surface area contributed by atoms with E-state index in [-0.39, 0.29) is 0 Å². The van der Waals surface area contributed by atoms with Crippen LogP contribution in [0, 0.1) is 13.8 Å². The molecule has 0 aliphatic carbocycles. The smallest absolute Gasteiger partial charge is 0.134 e. The van der Waals surface area contributed by atoms with Crippen molar-refractivity contribution in [2.45, 2.75) is 20.3 Å². The Balaban J connectivity index is 2.01. The minimum Gasteiger partial charge on any atom is -0.399 e. The number of rotatable bonds is 1.